The Bertz CT molecular complexity index is 593. The molecule has 1 unspecified atom stereocenters. The van der Waals surface area contributed by atoms with Crippen LogP contribution in [0, 0.1) is 0 Å². The van der Waals surface area contributed by atoms with Crippen molar-refractivity contribution >= 4 is 22.8 Å². The number of nitrogens with zero attached hydrogens (tertiary/aromatic N) is 5. The number of hydrogen-bond donors (Lipinski definition) is 2. The zero-order valence-electron chi connectivity index (χ0n) is 12.2. The molecule has 108 valence electrons. The van der Waals surface area contributed by atoms with Gasteiger partial charge >= 0.3 is 0 Å². The molecule has 0 saturated carbocycles. The lowest BCUT2D eigenvalue weighted by molar-refractivity contribution is 0.199. The monoisotopic (exact) mass is 275 g/mol. The Morgan fingerprint density at radius 1 is 1.40 bits per heavy atom. The second-order valence-corrected chi connectivity index (χ2v) is 5.18. The predicted octanol–water partition coefficient (Wildman–Crippen LogP) is 0.925. The molecule has 20 heavy (non-hydrogen) atoms. The first kappa shape index (κ1) is 13.1. The van der Waals surface area contributed by atoms with Crippen LogP contribution >= 0.6 is 0 Å². The van der Waals surface area contributed by atoms with Crippen LogP contribution < -0.4 is 10.2 Å². The number of H-pyrrole nitrogens is 1. The maximum atomic E-state index is 4.63. The summed E-state index contributed by atoms with van der Waals surface area (Å²) in [4.78, 5) is 13.8. The van der Waals surface area contributed by atoms with Gasteiger partial charge in [-0.15, -0.1) is 0 Å². The maximum Gasteiger partial charge on any atom is 0.226 e. The van der Waals surface area contributed by atoms with Crippen LogP contribution in [0.25, 0.3) is 11.0 Å². The molecular formula is C13H21N7. The minimum absolute atomic E-state index is 0.531. The van der Waals surface area contributed by atoms with Gasteiger partial charge in [0.1, 0.15) is 5.82 Å². The summed E-state index contributed by atoms with van der Waals surface area (Å²) in [6, 6.07) is 0.531. The Kier molecular flexibility index (Phi) is 3.43. The van der Waals surface area contributed by atoms with Gasteiger partial charge in [0.05, 0.1) is 11.6 Å². The first-order chi connectivity index (χ1) is 9.72. The van der Waals surface area contributed by atoms with E-state index in [-0.39, 0.29) is 0 Å². The normalized spacial score (nSPS) is 20.6. The van der Waals surface area contributed by atoms with Gasteiger partial charge in [-0.2, -0.15) is 15.1 Å². The van der Waals surface area contributed by atoms with Crippen molar-refractivity contribution in [2.24, 2.45) is 0 Å². The zero-order chi connectivity index (χ0) is 14.1. The number of aromatic amines is 1. The minimum atomic E-state index is 0.531. The predicted molar refractivity (Wildman–Crippen MR) is 80.2 cm³/mol. The summed E-state index contributed by atoms with van der Waals surface area (Å²) in [5.41, 5.74) is 0.782. The van der Waals surface area contributed by atoms with Crippen LogP contribution in [0.5, 0.6) is 0 Å². The Morgan fingerprint density at radius 3 is 2.95 bits per heavy atom. The van der Waals surface area contributed by atoms with Gasteiger partial charge in [0.25, 0.3) is 0 Å². The Hall–Kier alpha value is -1.89. The van der Waals surface area contributed by atoms with E-state index in [1.807, 2.05) is 7.05 Å². The van der Waals surface area contributed by atoms with Gasteiger partial charge < -0.3 is 10.2 Å². The van der Waals surface area contributed by atoms with Gasteiger partial charge in [0.2, 0.25) is 5.95 Å². The van der Waals surface area contributed by atoms with Crippen molar-refractivity contribution in [2.45, 2.75) is 19.9 Å². The van der Waals surface area contributed by atoms with Gasteiger partial charge in [0.15, 0.2) is 5.65 Å². The summed E-state index contributed by atoms with van der Waals surface area (Å²) in [6.45, 7) is 8.61. The zero-order valence-corrected chi connectivity index (χ0v) is 12.2. The summed E-state index contributed by atoms with van der Waals surface area (Å²) >= 11 is 0. The van der Waals surface area contributed by atoms with E-state index in [9.17, 15) is 0 Å². The fourth-order valence-corrected chi connectivity index (χ4v) is 2.83. The van der Waals surface area contributed by atoms with E-state index in [1.54, 1.807) is 6.20 Å². The Labute approximate surface area is 118 Å². The Morgan fingerprint density at radius 2 is 2.25 bits per heavy atom. The van der Waals surface area contributed by atoms with Crippen molar-refractivity contribution < 1.29 is 0 Å². The Balaban J connectivity index is 1.95. The van der Waals surface area contributed by atoms with E-state index in [0.29, 0.717) is 12.0 Å². The molecule has 1 aliphatic heterocycles. The lowest BCUT2D eigenvalue weighted by atomic mass is 10.2. The van der Waals surface area contributed by atoms with E-state index in [0.717, 1.165) is 43.0 Å². The van der Waals surface area contributed by atoms with Crippen LogP contribution in [-0.2, 0) is 0 Å². The van der Waals surface area contributed by atoms with Crippen molar-refractivity contribution in [1.29, 1.82) is 0 Å². The SMILES string of the molecule is CCN1CCN(c2nc(NC)nc3[nH]ncc23)CC1C. The van der Waals surface area contributed by atoms with Gasteiger partial charge in [-0.3, -0.25) is 10.00 Å². The lowest BCUT2D eigenvalue weighted by Crippen LogP contribution is -2.52. The molecule has 7 nitrogen and oxygen atoms in total. The van der Waals surface area contributed by atoms with Crippen LogP contribution in [0.1, 0.15) is 13.8 Å². The number of piperazine rings is 1. The number of fused-ring (bicyclic) bond motifs is 1. The third-order valence-corrected chi connectivity index (χ3v) is 3.98. The highest BCUT2D eigenvalue weighted by atomic mass is 15.3. The van der Waals surface area contributed by atoms with Crippen LogP contribution in [-0.4, -0.2) is 64.3 Å². The summed E-state index contributed by atoms with van der Waals surface area (Å²) < 4.78 is 0. The molecule has 7 heteroatoms. The van der Waals surface area contributed by atoms with Crippen molar-refractivity contribution in [3.8, 4) is 0 Å². The van der Waals surface area contributed by atoms with E-state index in [4.69, 9.17) is 0 Å². The standard InChI is InChI=1S/C13H21N7/c1-4-19-5-6-20(8-9(19)2)12-10-7-15-18-11(10)16-13(14-3)17-12/h7,9H,4-6,8H2,1-3H3,(H2,14,15,16,17,18). The maximum absolute atomic E-state index is 4.63. The van der Waals surface area contributed by atoms with E-state index in [2.05, 4.69) is 49.1 Å². The summed E-state index contributed by atoms with van der Waals surface area (Å²) in [5.74, 6) is 1.60. The second-order valence-electron chi connectivity index (χ2n) is 5.18. The molecule has 1 aliphatic rings. The molecule has 2 aromatic heterocycles. The van der Waals surface area contributed by atoms with Gasteiger partial charge in [-0.25, -0.2) is 0 Å². The van der Waals surface area contributed by atoms with Crippen molar-refractivity contribution in [3.05, 3.63) is 6.20 Å². The number of likely N-dealkylation sites (N-methyl/N-ethyl adjacent to an activating group) is 1. The number of aromatic nitrogens is 4. The van der Waals surface area contributed by atoms with Gasteiger partial charge in [-0.1, -0.05) is 6.92 Å². The van der Waals surface area contributed by atoms with Crippen LogP contribution in [0.4, 0.5) is 11.8 Å². The number of nitrogens with one attached hydrogen (secondary N) is 2. The molecule has 3 heterocycles. The highest BCUT2D eigenvalue weighted by Crippen LogP contribution is 2.25. The average molecular weight is 275 g/mol. The fourth-order valence-electron chi connectivity index (χ4n) is 2.83. The molecule has 1 saturated heterocycles. The van der Waals surface area contributed by atoms with Gasteiger partial charge in [0, 0.05) is 32.7 Å². The van der Waals surface area contributed by atoms with Crippen molar-refractivity contribution in [3.63, 3.8) is 0 Å². The molecule has 3 rings (SSSR count). The molecule has 2 aromatic rings. The molecule has 0 amide bonds. The van der Waals surface area contributed by atoms with Crippen LogP contribution in [0.2, 0.25) is 0 Å². The van der Waals surface area contributed by atoms with Crippen LogP contribution in [0.3, 0.4) is 0 Å². The third-order valence-electron chi connectivity index (χ3n) is 3.98. The average Bonchev–Trinajstić information content (AvgIpc) is 2.94. The molecule has 0 radical (unpaired) electrons. The molecule has 0 bridgehead atoms. The van der Waals surface area contributed by atoms with Crippen LogP contribution in [0.15, 0.2) is 6.20 Å². The van der Waals surface area contributed by atoms with E-state index >= 15 is 0 Å². The van der Waals surface area contributed by atoms with E-state index in [1.165, 1.54) is 0 Å². The molecule has 0 aliphatic carbocycles. The fraction of sp³-hybridized carbons (Fsp3) is 0.615. The lowest BCUT2D eigenvalue weighted by Gasteiger charge is -2.40. The van der Waals surface area contributed by atoms with Crippen molar-refractivity contribution in [1.82, 2.24) is 25.1 Å². The number of rotatable bonds is 3. The first-order valence-electron chi connectivity index (χ1n) is 7.10. The van der Waals surface area contributed by atoms with Crippen molar-refractivity contribution in [2.75, 3.05) is 43.4 Å². The third kappa shape index (κ3) is 2.18. The van der Waals surface area contributed by atoms with E-state index < -0.39 is 0 Å². The number of hydrogen-bond acceptors (Lipinski definition) is 6. The molecular weight excluding hydrogens is 254 g/mol. The second kappa shape index (κ2) is 5.24. The molecule has 2 N–H and O–H groups in total. The topological polar surface area (TPSA) is 73.0 Å². The summed E-state index contributed by atoms with van der Waals surface area (Å²) in [5, 5.41) is 11.0. The first-order valence-corrected chi connectivity index (χ1v) is 7.10. The summed E-state index contributed by atoms with van der Waals surface area (Å²) in [7, 11) is 1.83. The largest absolute Gasteiger partial charge is 0.357 e. The smallest absolute Gasteiger partial charge is 0.226 e. The quantitative estimate of drug-likeness (QED) is 0.868. The molecule has 0 aromatic carbocycles. The highest BCUT2D eigenvalue weighted by molar-refractivity contribution is 5.87. The summed E-state index contributed by atoms with van der Waals surface area (Å²) in [6.07, 6.45) is 1.81. The molecule has 1 fully saturated rings. The highest BCUT2D eigenvalue weighted by Gasteiger charge is 2.25. The van der Waals surface area contributed by atoms with Gasteiger partial charge in [-0.05, 0) is 13.5 Å². The minimum Gasteiger partial charge on any atom is -0.357 e. The number of anilines is 2. The molecule has 1 atom stereocenters. The molecule has 0 spiro atoms.